The molecule has 0 heterocycles. The Balaban J connectivity index is 2.45. The van der Waals surface area contributed by atoms with Crippen molar-refractivity contribution in [3.8, 4) is 0 Å². The summed E-state index contributed by atoms with van der Waals surface area (Å²) in [5.74, 6) is 0. The van der Waals surface area contributed by atoms with E-state index in [-0.39, 0.29) is 0 Å². The number of nitrogens with one attached hydrogen (secondary N) is 1. The molecule has 0 unspecified atom stereocenters. The molecule has 1 rings (SSSR count). The monoisotopic (exact) mass is 195 g/mol. The first-order valence-corrected chi connectivity index (χ1v) is 4.75. The minimum Gasteiger partial charge on any atom is -0.316 e. The molecule has 0 saturated carbocycles. The van der Waals surface area contributed by atoms with Crippen molar-refractivity contribution in [2.24, 2.45) is 0 Å². The van der Waals surface area contributed by atoms with Crippen LogP contribution in [0.4, 0.5) is 0 Å². The van der Waals surface area contributed by atoms with Crippen LogP contribution in [0.15, 0.2) is 36.4 Å². The minimum absolute atomic E-state index is 0.805. The summed E-state index contributed by atoms with van der Waals surface area (Å²) in [6, 6.07) is 7.94. The van der Waals surface area contributed by atoms with E-state index in [0.717, 1.165) is 18.0 Å². The van der Waals surface area contributed by atoms with Crippen molar-refractivity contribution in [3.63, 3.8) is 0 Å². The average molecular weight is 196 g/mol. The molecule has 1 N–H and O–H groups in total. The van der Waals surface area contributed by atoms with Gasteiger partial charge in [-0.25, -0.2) is 0 Å². The first kappa shape index (κ1) is 10.3. The van der Waals surface area contributed by atoms with Crippen LogP contribution in [-0.2, 0) is 6.42 Å². The first-order chi connectivity index (χ1) is 6.33. The Labute approximate surface area is 84.4 Å². The lowest BCUT2D eigenvalue weighted by Gasteiger charge is -1.96. The molecule has 1 aromatic rings. The van der Waals surface area contributed by atoms with Gasteiger partial charge < -0.3 is 5.32 Å². The zero-order valence-electron chi connectivity index (χ0n) is 7.76. The molecular formula is C11H14ClN. The Bertz CT molecular complexity index is 281. The van der Waals surface area contributed by atoms with Crippen LogP contribution in [0.2, 0.25) is 5.02 Å². The van der Waals surface area contributed by atoms with Crippen LogP contribution in [0.5, 0.6) is 0 Å². The van der Waals surface area contributed by atoms with Gasteiger partial charge in [0.05, 0.1) is 0 Å². The highest BCUT2D eigenvalue weighted by Gasteiger charge is 1.89. The van der Waals surface area contributed by atoms with E-state index in [9.17, 15) is 0 Å². The minimum atomic E-state index is 0.805. The molecule has 1 aromatic carbocycles. The van der Waals surface area contributed by atoms with Crippen molar-refractivity contribution in [2.45, 2.75) is 6.42 Å². The summed E-state index contributed by atoms with van der Waals surface area (Å²) in [4.78, 5) is 0. The van der Waals surface area contributed by atoms with Gasteiger partial charge in [0, 0.05) is 11.6 Å². The van der Waals surface area contributed by atoms with Gasteiger partial charge in [-0.3, -0.25) is 0 Å². The number of likely N-dealkylation sites (N-methyl/N-ethyl adjacent to an activating group) is 1. The highest BCUT2D eigenvalue weighted by molar-refractivity contribution is 6.30. The van der Waals surface area contributed by atoms with E-state index < -0.39 is 0 Å². The molecule has 0 aromatic heterocycles. The zero-order valence-corrected chi connectivity index (χ0v) is 8.51. The summed E-state index contributed by atoms with van der Waals surface area (Å²) in [5.41, 5.74) is 1.25. The van der Waals surface area contributed by atoms with Gasteiger partial charge in [0.1, 0.15) is 0 Å². The third-order valence-electron chi connectivity index (χ3n) is 1.73. The SMILES string of the molecule is CNC/C=C\Cc1cccc(Cl)c1. The molecule has 0 radical (unpaired) electrons. The Morgan fingerprint density at radius 3 is 2.92 bits per heavy atom. The van der Waals surface area contributed by atoms with E-state index >= 15 is 0 Å². The molecule has 0 bridgehead atoms. The van der Waals surface area contributed by atoms with E-state index in [4.69, 9.17) is 11.6 Å². The molecule has 0 atom stereocenters. The lowest BCUT2D eigenvalue weighted by atomic mass is 10.1. The summed E-state index contributed by atoms with van der Waals surface area (Å²) < 4.78 is 0. The fraction of sp³-hybridized carbons (Fsp3) is 0.273. The summed E-state index contributed by atoms with van der Waals surface area (Å²) in [6.45, 7) is 0.917. The maximum absolute atomic E-state index is 5.85. The summed E-state index contributed by atoms with van der Waals surface area (Å²) in [5, 5.41) is 3.86. The van der Waals surface area contributed by atoms with Crippen LogP contribution in [0.25, 0.3) is 0 Å². The quantitative estimate of drug-likeness (QED) is 0.729. The molecule has 0 aliphatic rings. The largest absolute Gasteiger partial charge is 0.316 e. The number of allylic oxidation sites excluding steroid dienone is 1. The van der Waals surface area contributed by atoms with Crippen molar-refractivity contribution in [3.05, 3.63) is 47.0 Å². The Kier molecular flexibility index (Phi) is 4.58. The second kappa shape index (κ2) is 5.79. The fourth-order valence-electron chi connectivity index (χ4n) is 1.08. The van der Waals surface area contributed by atoms with E-state index in [1.54, 1.807) is 0 Å². The van der Waals surface area contributed by atoms with Crippen molar-refractivity contribution < 1.29 is 0 Å². The third-order valence-corrected chi connectivity index (χ3v) is 1.97. The molecule has 0 fully saturated rings. The van der Waals surface area contributed by atoms with Gasteiger partial charge in [-0.2, -0.15) is 0 Å². The first-order valence-electron chi connectivity index (χ1n) is 4.37. The summed E-state index contributed by atoms with van der Waals surface area (Å²) in [6.07, 6.45) is 5.20. The zero-order chi connectivity index (χ0) is 9.52. The normalized spacial score (nSPS) is 10.9. The summed E-state index contributed by atoms with van der Waals surface area (Å²) >= 11 is 5.85. The van der Waals surface area contributed by atoms with Crippen LogP contribution in [0.3, 0.4) is 0 Å². The Morgan fingerprint density at radius 2 is 2.23 bits per heavy atom. The molecule has 0 saturated heterocycles. The predicted molar refractivity (Wildman–Crippen MR) is 58.2 cm³/mol. The Hall–Kier alpha value is -0.790. The molecule has 0 amide bonds. The molecule has 1 nitrogen and oxygen atoms in total. The van der Waals surface area contributed by atoms with Crippen LogP contribution < -0.4 is 5.32 Å². The Morgan fingerprint density at radius 1 is 1.38 bits per heavy atom. The second-order valence-electron chi connectivity index (χ2n) is 2.86. The topological polar surface area (TPSA) is 12.0 Å². The number of rotatable bonds is 4. The van der Waals surface area contributed by atoms with Gasteiger partial charge in [0.25, 0.3) is 0 Å². The molecule has 13 heavy (non-hydrogen) atoms. The average Bonchev–Trinajstić information content (AvgIpc) is 2.13. The number of hydrogen-bond acceptors (Lipinski definition) is 1. The van der Waals surface area contributed by atoms with Gasteiger partial charge in [-0.1, -0.05) is 35.9 Å². The lowest BCUT2D eigenvalue weighted by molar-refractivity contribution is 0.916. The van der Waals surface area contributed by atoms with Crippen LogP contribution in [-0.4, -0.2) is 13.6 Å². The molecule has 0 aliphatic heterocycles. The third kappa shape index (κ3) is 4.11. The molecule has 2 heteroatoms. The molecule has 70 valence electrons. The predicted octanol–water partition coefficient (Wildman–Crippen LogP) is 2.66. The number of halogens is 1. The van der Waals surface area contributed by atoms with Crippen molar-refractivity contribution >= 4 is 11.6 Å². The van der Waals surface area contributed by atoms with E-state index in [1.807, 2.05) is 25.2 Å². The van der Waals surface area contributed by atoms with E-state index in [0.29, 0.717) is 0 Å². The van der Waals surface area contributed by atoms with Gasteiger partial charge in [0.15, 0.2) is 0 Å². The van der Waals surface area contributed by atoms with Crippen LogP contribution in [0.1, 0.15) is 5.56 Å². The fourth-order valence-corrected chi connectivity index (χ4v) is 1.30. The van der Waals surface area contributed by atoms with Crippen LogP contribution >= 0.6 is 11.6 Å². The molecule has 0 spiro atoms. The van der Waals surface area contributed by atoms with Crippen molar-refractivity contribution in [1.82, 2.24) is 5.32 Å². The number of benzene rings is 1. The maximum Gasteiger partial charge on any atom is 0.0408 e. The highest BCUT2D eigenvalue weighted by atomic mass is 35.5. The number of hydrogen-bond donors (Lipinski definition) is 1. The van der Waals surface area contributed by atoms with E-state index in [2.05, 4.69) is 23.5 Å². The lowest BCUT2D eigenvalue weighted by Crippen LogP contribution is -2.03. The molecule has 0 aliphatic carbocycles. The van der Waals surface area contributed by atoms with Gasteiger partial charge in [-0.15, -0.1) is 0 Å². The van der Waals surface area contributed by atoms with E-state index in [1.165, 1.54) is 5.56 Å². The highest BCUT2D eigenvalue weighted by Crippen LogP contribution is 2.11. The van der Waals surface area contributed by atoms with Gasteiger partial charge >= 0.3 is 0 Å². The maximum atomic E-state index is 5.85. The second-order valence-corrected chi connectivity index (χ2v) is 3.30. The van der Waals surface area contributed by atoms with Crippen molar-refractivity contribution in [2.75, 3.05) is 13.6 Å². The van der Waals surface area contributed by atoms with Crippen molar-refractivity contribution in [1.29, 1.82) is 0 Å². The molecular weight excluding hydrogens is 182 g/mol. The summed E-state index contributed by atoms with van der Waals surface area (Å²) in [7, 11) is 1.93. The smallest absolute Gasteiger partial charge is 0.0408 e. The van der Waals surface area contributed by atoms with Gasteiger partial charge in [0.2, 0.25) is 0 Å². The standard InChI is InChI=1S/C11H14ClN/c1-13-8-3-2-5-10-6-4-7-11(12)9-10/h2-4,6-7,9,13H,5,8H2,1H3/b3-2-. The van der Waals surface area contributed by atoms with Gasteiger partial charge in [-0.05, 0) is 31.2 Å². The van der Waals surface area contributed by atoms with Crippen LogP contribution in [0, 0.1) is 0 Å².